The number of carbonyl (C=O) groups is 2. The van der Waals surface area contributed by atoms with E-state index in [1.165, 1.54) is 0 Å². The summed E-state index contributed by atoms with van der Waals surface area (Å²) in [5.41, 5.74) is 4.90. The molecule has 156 valence electrons. The van der Waals surface area contributed by atoms with E-state index in [9.17, 15) is 9.59 Å². The molecule has 8 heteroatoms. The summed E-state index contributed by atoms with van der Waals surface area (Å²) in [4.78, 5) is 31.0. The van der Waals surface area contributed by atoms with Crippen molar-refractivity contribution in [3.8, 4) is 10.4 Å². The third-order valence-corrected chi connectivity index (χ3v) is 6.06. The van der Waals surface area contributed by atoms with Crippen LogP contribution < -0.4 is 5.32 Å². The Kier molecular flexibility index (Phi) is 7.74. The van der Waals surface area contributed by atoms with Crippen LogP contribution in [0.2, 0.25) is 0 Å². The summed E-state index contributed by atoms with van der Waals surface area (Å²) in [7, 11) is 1.62. The Morgan fingerprint density at radius 1 is 1.38 bits per heavy atom. The molecule has 2 unspecified atom stereocenters. The van der Waals surface area contributed by atoms with Crippen LogP contribution in [0.3, 0.4) is 0 Å². The highest BCUT2D eigenvalue weighted by molar-refractivity contribution is 7.13. The van der Waals surface area contributed by atoms with Gasteiger partial charge in [-0.1, -0.05) is 24.3 Å². The number of rotatable bonds is 10. The lowest BCUT2D eigenvalue weighted by atomic mass is 10.0. The number of nitrogens with zero attached hydrogens (tertiary/aromatic N) is 2. The summed E-state index contributed by atoms with van der Waals surface area (Å²) in [6.45, 7) is 3.89. The first-order valence-electron chi connectivity index (χ1n) is 9.72. The highest BCUT2D eigenvalue weighted by Crippen LogP contribution is 2.28. The van der Waals surface area contributed by atoms with Crippen LogP contribution in [0.15, 0.2) is 29.8 Å². The number of carbonyl (C=O) groups excluding carboxylic acids is 2. The number of aromatic nitrogens is 1. The van der Waals surface area contributed by atoms with Gasteiger partial charge in [-0.25, -0.2) is 4.98 Å². The number of hydrogen-bond acceptors (Lipinski definition) is 6. The molecule has 0 saturated carbocycles. The van der Waals surface area contributed by atoms with Gasteiger partial charge in [0.1, 0.15) is 6.04 Å². The first kappa shape index (κ1) is 21.4. The van der Waals surface area contributed by atoms with Crippen LogP contribution in [-0.2, 0) is 19.1 Å². The fourth-order valence-electron chi connectivity index (χ4n) is 3.48. The summed E-state index contributed by atoms with van der Waals surface area (Å²) in [6, 6.07) is 7.38. The van der Waals surface area contributed by atoms with Gasteiger partial charge < -0.3 is 19.7 Å². The van der Waals surface area contributed by atoms with Crippen molar-refractivity contribution in [2.24, 2.45) is 0 Å². The summed E-state index contributed by atoms with van der Waals surface area (Å²) in [5.74, 6) is -0.141. The van der Waals surface area contributed by atoms with Crippen LogP contribution in [0.25, 0.3) is 10.4 Å². The Balaban J connectivity index is 1.73. The monoisotopic (exact) mass is 417 g/mol. The minimum absolute atomic E-state index is 0.141. The zero-order valence-corrected chi connectivity index (χ0v) is 17.6. The topological polar surface area (TPSA) is 80.8 Å². The van der Waals surface area contributed by atoms with Gasteiger partial charge in [-0.3, -0.25) is 9.59 Å². The van der Waals surface area contributed by atoms with Gasteiger partial charge in [0.25, 0.3) is 0 Å². The number of aryl methyl sites for hydroxylation is 1. The summed E-state index contributed by atoms with van der Waals surface area (Å²) in [5, 5.41) is 3.07. The van der Waals surface area contributed by atoms with Crippen molar-refractivity contribution >= 4 is 23.7 Å². The molecule has 2 atom stereocenters. The second kappa shape index (κ2) is 10.5. The smallest absolute Gasteiger partial charge is 0.243 e. The second-order valence-electron chi connectivity index (χ2n) is 7.02. The highest BCUT2D eigenvalue weighted by Gasteiger charge is 2.31. The lowest BCUT2D eigenvalue weighted by Crippen LogP contribution is -2.44. The van der Waals surface area contributed by atoms with Gasteiger partial charge in [0.15, 0.2) is 0 Å². The molecule has 1 N–H and O–H groups in total. The predicted molar refractivity (Wildman–Crippen MR) is 112 cm³/mol. The van der Waals surface area contributed by atoms with Gasteiger partial charge in [0.05, 0.1) is 41.9 Å². The molecule has 2 aromatic rings. The molecule has 1 aromatic carbocycles. The number of methoxy groups -OCH3 is 1. The second-order valence-corrected chi connectivity index (χ2v) is 7.87. The number of thiazole rings is 1. The van der Waals surface area contributed by atoms with E-state index in [2.05, 4.69) is 10.3 Å². The quantitative estimate of drug-likeness (QED) is 0.475. The van der Waals surface area contributed by atoms with E-state index >= 15 is 0 Å². The summed E-state index contributed by atoms with van der Waals surface area (Å²) >= 11 is 1.61. The van der Waals surface area contributed by atoms with Crippen molar-refractivity contribution < 1.29 is 19.1 Å². The van der Waals surface area contributed by atoms with Gasteiger partial charge in [0, 0.05) is 13.7 Å². The van der Waals surface area contributed by atoms with E-state index in [1.54, 1.807) is 23.3 Å². The number of ether oxygens (including phenoxy) is 2. The molecular weight excluding hydrogens is 390 g/mol. The minimum atomic E-state index is -0.409. The molecule has 7 nitrogen and oxygen atoms in total. The van der Waals surface area contributed by atoms with E-state index in [0.717, 1.165) is 34.5 Å². The Hall–Kier alpha value is -2.29. The van der Waals surface area contributed by atoms with E-state index in [4.69, 9.17) is 9.47 Å². The Bertz CT molecular complexity index is 809. The largest absolute Gasteiger partial charge is 0.382 e. The van der Waals surface area contributed by atoms with Crippen LogP contribution in [0.4, 0.5) is 0 Å². The van der Waals surface area contributed by atoms with Crippen molar-refractivity contribution in [2.45, 2.75) is 31.8 Å². The lowest BCUT2D eigenvalue weighted by molar-refractivity contribution is -0.132. The van der Waals surface area contributed by atoms with Crippen molar-refractivity contribution in [1.82, 2.24) is 15.2 Å². The molecule has 29 heavy (non-hydrogen) atoms. The highest BCUT2D eigenvalue weighted by atomic mass is 32.1. The summed E-state index contributed by atoms with van der Waals surface area (Å²) < 4.78 is 10.7. The van der Waals surface area contributed by atoms with Crippen LogP contribution in [0.5, 0.6) is 0 Å². The molecule has 1 aliphatic rings. The average Bonchev–Trinajstić information content (AvgIpc) is 3.39. The maximum atomic E-state index is 12.8. The molecule has 1 aromatic heterocycles. The number of amides is 2. The molecule has 2 amide bonds. The molecule has 1 saturated heterocycles. The molecular formula is C21H27N3O4S. The molecule has 0 aliphatic carbocycles. The van der Waals surface area contributed by atoms with Crippen LogP contribution >= 0.6 is 11.3 Å². The van der Waals surface area contributed by atoms with Crippen molar-refractivity contribution in [2.75, 3.05) is 33.5 Å². The Morgan fingerprint density at radius 2 is 2.17 bits per heavy atom. The normalized spacial score (nSPS) is 17.3. The minimum Gasteiger partial charge on any atom is -0.382 e. The number of likely N-dealkylation sites (tertiary alicyclic amines) is 1. The van der Waals surface area contributed by atoms with Crippen LogP contribution in [-0.4, -0.2) is 61.7 Å². The van der Waals surface area contributed by atoms with Crippen molar-refractivity contribution in [3.63, 3.8) is 0 Å². The fraction of sp³-hybridized carbons (Fsp3) is 0.476. The number of benzene rings is 1. The van der Waals surface area contributed by atoms with Gasteiger partial charge in [0.2, 0.25) is 12.3 Å². The first-order valence-corrected chi connectivity index (χ1v) is 10.6. The third-order valence-electron chi connectivity index (χ3n) is 5.09. The lowest BCUT2D eigenvalue weighted by Gasteiger charge is -2.24. The first-order chi connectivity index (χ1) is 14.1. The van der Waals surface area contributed by atoms with E-state index in [0.29, 0.717) is 32.8 Å². The standard InChI is InChI=1S/C21H27N3O4S/c1-15-20(29-13-22-15)17-7-5-16(6-8-17)18(12-28-11-10-27-2)23-21(26)19-4-3-9-24(19)14-25/h5-8,13-14,18-19H,3-4,9-12H2,1-2H3,(H,23,26). The number of hydrogen-bond donors (Lipinski definition) is 1. The average molecular weight is 418 g/mol. The summed E-state index contributed by atoms with van der Waals surface area (Å²) in [6.07, 6.45) is 2.29. The van der Waals surface area contributed by atoms with E-state index in [-0.39, 0.29) is 11.9 Å². The number of nitrogens with one attached hydrogen (secondary N) is 1. The molecule has 1 fully saturated rings. The SMILES string of the molecule is COCCOCC(NC(=O)C1CCCN1C=O)c1ccc(-c2scnc2C)cc1. The van der Waals surface area contributed by atoms with Gasteiger partial charge in [-0.2, -0.15) is 0 Å². The fourth-order valence-corrected chi connectivity index (χ4v) is 4.29. The van der Waals surface area contributed by atoms with Crippen molar-refractivity contribution in [3.05, 3.63) is 41.0 Å². The van der Waals surface area contributed by atoms with Crippen molar-refractivity contribution in [1.29, 1.82) is 0 Å². The molecule has 2 heterocycles. The van der Waals surface area contributed by atoms with Gasteiger partial charge >= 0.3 is 0 Å². The van der Waals surface area contributed by atoms with Gasteiger partial charge in [-0.05, 0) is 30.9 Å². The third kappa shape index (κ3) is 5.41. The Morgan fingerprint density at radius 3 is 2.83 bits per heavy atom. The van der Waals surface area contributed by atoms with Crippen LogP contribution in [0.1, 0.15) is 30.1 Å². The van der Waals surface area contributed by atoms with E-state index < -0.39 is 6.04 Å². The maximum Gasteiger partial charge on any atom is 0.243 e. The van der Waals surface area contributed by atoms with E-state index in [1.807, 2.05) is 36.7 Å². The predicted octanol–water partition coefficient (Wildman–Crippen LogP) is 2.56. The maximum absolute atomic E-state index is 12.8. The zero-order valence-electron chi connectivity index (χ0n) is 16.8. The van der Waals surface area contributed by atoms with Gasteiger partial charge in [-0.15, -0.1) is 11.3 Å². The molecule has 3 rings (SSSR count). The molecule has 0 radical (unpaired) electrons. The Labute approximate surface area is 175 Å². The molecule has 0 spiro atoms. The molecule has 0 bridgehead atoms. The van der Waals surface area contributed by atoms with Crippen LogP contribution in [0, 0.1) is 6.92 Å². The molecule has 1 aliphatic heterocycles. The zero-order chi connectivity index (χ0) is 20.6.